The first kappa shape index (κ1) is 25.6. The van der Waals surface area contributed by atoms with Crippen LogP contribution in [0, 0.1) is 5.82 Å². The van der Waals surface area contributed by atoms with Gasteiger partial charge >= 0.3 is 0 Å². The van der Waals surface area contributed by atoms with E-state index in [0.717, 1.165) is 11.1 Å². The Hall–Kier alpha value is -4.51. The van der Waals surface area contributed by atoms with Gasteiger partial charge in [-0.05, 0) is 78.9 Å². The van der Waals surface area contributed by atoms with Crippen molar-refractivity contribution in [2.75, 3.05) is 24.4 Å². The van der Waals surface area contributed by atoms with E-state index in [1.165, 1.54) is 37.3 Å². The highest BCUT2D eigenvalue weighted by molar-refractivity contribution is 7.80. The predicted molar refractivity (Wildman–Crippen MR) is 139 cm³/mol. The zero-order valence-corrected chi connectivity index (χ0v) is 20.8. The molecule has 3 aromatic rings. The largest absolute Gasteiger partial charge is 0.497 e. The van der Waals surface area contributed by atoms with Crippen molar-refractivity contribution in [3.63, 3.8) is 0 Å². The Morgan fingerprint density at radius 1 is 0.973 bits per heavy atom. The number of benzene rings is 3. The van der Waals surface area contributed by atoms with E-state index < -0.39 is 29.6 Å². The molecular formula is C26H23FN4O5S. The van der Waals surface area contributed by atoms with Gasteiger partial charge in [0.25, 0.3) is 11.8 Å². The van der Waals surface area contributed by atoms with Gasteiger partial charge in [0, 0.05) is 11.3 Å². The number of hydrazine groups is 1. The monoisotopic (exact) mass is 522 g/mol. The van der Waals surface area contributed by atoms with Crippen molar-refractivity contribution in [2.24, 2.45) is 0 Å². The Morgan fingerprint density at radius 2 is 1.59 bits per heavy atom. The number of carbonyl (C=O) groups excluding carboxylic acids is 3. The minimum absolute atomic E-state index is 0.0274. The lowest BCUT2D eigenvalue weighted by Gasteiger charge is -2.24. The fourth-order valence-corrected chi connectivity index (χ4v) is 4.10. The van der Waals surface area contributed by atoms with E-state index >= 15 is 0 Å². The number of thiocarbonyl (C=S) groups is 1. The van der Waals surface area contributed by atoms with Crippen LogP contribution in [0.25, 0.3) is 0 Å². The highest BCUT2D eigenvalue weighted by Crippen LogP contribution is 2.28. The second kappa shape index (κ2) is 11.0. The van der Waals surface area contributed by atoms with Gasteiger partial charge in [-0.25, -0.2) is 9.40 Å². The summed E-state index contributed by atoms with van der Waals surface area (Å²) in [5, 5.41) is 3.84. The van der Waals surface area contributed by atoms with E-state index in [-0.39, 0.29) is 17.1 Å². The summed E-state index contributed by atoms with van der Waals surface area (Å²) < 4.78 is 24.0. The van der Waals surface area contributed by atoms with E-state index in [2.05, 4.69) is 10.7 Å². The molecule has 9 nitrogen and oxygen atoms in total. The van der Waals surface area contributed by atoms with Crippen LogP contribution >= 0.6 is 12.2 Å². The van der Waals surface area contributed by atoms with Gasteiger partial charge in [-0.3, -0.25) is 24.7 Å². The van der Waals surface area contributed by atoms with E-state index in [9.17, 15) is 18.8 Å². The molecule has 3 aromatic carbocycles. The number of carbonyl (C=O) groups is 3. The summed E-state index contributed by atoms with van der Waals surface area (Å²) in [5.74, 6) is -1.08. The fourth-order valence-electron chi connectivity index (χ4n) is 3.73. The molecule has 0 unspecified atom stereocenters. The molecular weight excluding hydrogens is 499 g/mol. The number of hydrogen-bond donors (Lipinski definition) is 2. The lowest BCUT2D eigenvalue weighted by Crippen LogP contribution is -2.49. The van der Waals surface area contributed by atoms with Crippen LogP contribution in [0.1, 0.15) is 16.8 Å². The first-order valence-corrected chi connectivity index (χ1v) is 11.5. The van der Waals surface area contributed by atoms with Crippen LogP contribution in [0.2, 0.25) is 0 Å². The molecule has 4 rings (SSSR count). The maximum atomic E-state index is 13.7. The quantitative estimate of drug-likeness (QED) is 0.437. The number of methoxy groups -OCH3 is 2. The van der Waals surface area contributed by atoms with Crippen LogP contribution in [-0.2, 0) is 9.59 Å². The number of rotatable bonds is 8. The molecule has 0 aromatic heterocycles. The molecule has 1 aliphatic rings. The first-order chi connectivity index (χ1) is 17.8. The van der Waals surface area contributed by atoms with Gasteiger partial charge in [0.15, 0.2) is 0 Å². The second-order valence-corrected chi connectivity index (χ2v) is 8.34. The molecule has 0 saturated carbocycles. The van der Waals surface area contributed by atoms with Crippen LogP contribution in [0.15, 0.2) is 72.8 Å². The number of nitrogens with one attached hydrogen (secondary N) is 2. The minimum Gasteiger partial charge on any atom is -0.497 e. The molecule has 37 heavy (non-hydrogen) atoms. The van der Waals surface area contributed by atoms with Gasteiger partial charge in [-0.2, -0.15) is 0 Å². The number of hydrogen-bond acceptors (Lipinski definition) is 6. The Bertz CT molecular complexity index is 1330. The van der Waals surface area contributed by atoms with Gasteiger partial charge in [-0.1, -0.05) is 6.07 Å². The Balaban J connectivity index is 1.59. The number of ether oxygens (including phenoxy) is 2. The van der Waals surface area contributed by atoms with Crippen molar-refractivity contribution in [3.8, 4) is 11.5 Å². The van der Waals surface area contributed by atoms with E-state index in [4.69, 9.17) is 21.7 Å². The highest BCUT2D eigenvalue weighted by atomic mass is 32.1. The summed E-state index contributed by atoms with van der Waals surface area (Å²) in [4.78, 5) is 40.5. The summed E-state index contributed by atoms with van der Waals surface area (Å²) in [7, 11) is 3.05. The van der Waals surface area contributed by atoms with E-state index in [1.54, 1.807) is 48.5 Å². The SMILES string of the molecule is COc1ccc(NC(=O)C[C@@H]2C(=O)N(c3ccc(OC)cc3)C(=S)N2NC(=O)c2cccc(F)c2)cc1. The summed E-state index contributed by atoms with van der Waals surface area (Å²) in [6, 6.07) is 17.2. The molecule has 3 amide bonds. The maximum Gasteiger partial charge on any atom is 0.269 e. The lowest BCUT2D eigenvalue weighted by atomic mass is 10.1. The molecule has 1 fully saturated rings. The molecule has 0 spiro atoms. The van der Waals surface area contributed by atoms with Crippen LogP contribution in [-0.4, -0.2) is 48.1 Å². The van der Waals surface area contributed by atoms with Gasteiger partial charge < -0.3 is 14.8 Å². The van der Waals surface area contributed by atoms with Crippen molar-refractivity contribution in [3.05, 3.63) is 84.2 Å². The number of amides is 3. The third-order valence-corrected chi connectivity index (χ3v) is 5.99. The Kier molecular flexibility index (Phi) is 7.63. The predicted octanol–water partition coefficient (Wildman–Crippen LogP) is 3.52. The van der Waals surface area contributed by atoms with E-state index in [1.807, 2.05) is 0 Å². The molecule has 0 aliphatic carbocycles. The molecule has 0 radical (unpaired) electrons. The molecule has 1 heterocycles. The van der Waals surface area contributed by atoms with Crippen LogP contribution in [0.4, 0.5) is 15.8 Å². The van der Waals surface area contributed by atoms with Crippen LogP contribution in [0.3, 0.4) is 0 Å². The fraction of sp³-hybridized carbons (Fsp3) is 0.154. The topological polar surface area (TPSA) is 100 Å². The maximum absolute atomic E-state index is 13.7. The normalized spacial score (nSPS) is 14.9. The van der Waals surface area contributed by atoms with Crippen molar-refractivity contribution >= 4 is 46.4 Å². The minimum atomic E-state index is -1.15. The summed E-state index contributed by atoms with van der Waals surface area (Å²) >= 11 is 5.53. The number of halogens is 1. The number of anilines is 2. The zero-order valence-electron chi connectivity index (χ0n) is 19.9. The van der Waals surface area contributed by atoms with Crippen molar-refractivity contribution in [1.82, 2.24) is 10.4 Å². The summed E-state index contributed by atoms with van der Waals surface area (Å²) in [6.07, 6.45) is -0.318. The first-order valence-electron chi connectivity index (χ1n) is 11.1. The molecule has 1 aliphatic heterocycles. The standard InChI is InChI=1S/C26H23FN4O5S/c1-35-20-10-6-18(7-11-20)28-23(32)15-22-25(34)30(19-8-12-21(36-2)13-9-19)26(37)31(22)29-24(33)16-4-3-5-17(27)14-16/h3-14,22H,15H2,1-2H3,(H,28,32)(H,29,33)/t22-/m1/s1. The summed E-state index contributed by atoms with van der Waals surface area (Å²) in [6.45, 7) is 0. The van der Waals surface area contributed by atoms with Crippen molar-refractivity contribution in [1.29, 1.82) is 0 Å². The summed E-state index contributed by atoms with van der Waals surface area (Å²) in [5.41, 5.74) is 3.52. The third kappa shape index (κ3) is 5.67. The smallest absolute Gasteiger partial charge is 0.269 e. The average molecular weight is 523 g/mol. The molecule has 2 N–H and O–H groups in total. The molecule has 1 atom stereocenters. The van der Waals surface area contributed by atoms with E-state index in [0.29, 0.717) is 22.9 Å². The van der Waals surface area contributed by atoms with Crippen molar-refractivity contribution < 1.29 is 28.2 Å². The second-order valence-electron chi connectivity index (χ2n) is 7.97. The zero-order chi connectivity index (χ0) is 26.5. The Labute approximate surface area is 217 Å². The number of nitrogens with zero attached hydrogens (tertiary/aromatic N) is 2. The van der Waals surface area contributed by atoms with Crippen LogP contribution < -0.4 is 25.1 Å². The molecule has 190 valence electrons. The van der Waals surface area contributed by atoms with Gasteiger partial charge in [0.1, 0.15) is 23.4 Å². The third-order valence-electron chi connectivity index (χ3n) is 5.61. The molecule has 11 heteroatoms. The van der Waals surface area contributed by atoms with Crippen molar-refractivity contribution in [2.45, 2.75) is 12.5 Å². The van der Waals surface area contributed by atoms with Gasteiger partial charge in [0.05, 0.1) is 26.3 Å². The molecule has 1 saturated heterocycles. The average Bonchev–Trinajstić information content (AvgIpc) is 3.12. The van der Waals surface area contributed by atoms with Gasteiger partial charge in [0.2, 0.25) is 11.0 Å². The highest BCUT2D eigenvalue weighted by Gasteiger charge is 2.45. The lowest BCUT2D eigenvalue weighted by molar-refractivity contribution is -0.124. The Morgan fingerprint density at radius 3 is 2.19 bits per heavy atom. The van der Waals surface area contributed by atoms with Gasteiger partial charge in [-0.15, -0.1) is 0 Å². The van der Waals surface area contributed by atoms with Crippen LogP contribution in [0.5, 0.6) is 11.5 Å². The molecule has 0 bridgehead atoms.